The average molecular weight is 1170 g/mol. The summed E-state index contributed by atoms with van der Waals surface area (Å²) in [5.41, 5.74) is 0. The molecular formula is C72H136NO8P. The molecule has 2 unspecified atom stereocenters. The van der Waals surface area contributed by atoms with Gasteiger partial charge in [-0.1, -0.05) is 332 Å². The Kier molecular flexibility index (Phi) is 61.9. The number of likely N-dealkylation sites (N-methyl/N-ethyl adjacent to an activating group) is 1. The van der Waals surface area contributed by atoms with Crippen LogP contribution in [0.4, 0.5) is 0 Å². The first-order valence-corrected chi connectivity index (χ1v) is 36.8. The van der Waals surface area contributed by atoms with Crippen LogP contribution in [0.25, 0.3) is 0 Å². The third-order valence-electron chi connectivity index (χ3n) is 15.9. The predicted molar refractivity (Wildman–Crippen MR) is 351 cm³/mol. The number of phosphoric ester groups is 1. The van der Waals surface area contributed by atoms with E-state index in [0.29, 0.717) is 17.4 Å². The first-order valence-electron chi connectivity index (χ1n) is 35.3. The van der Waals surface area contributed by atoms with Crippen LogP contribution in [0.3, 0.4) is 0 Å². The number of phosphoric acid groups is 1. The Hall–Kier alpha value is -2.03. The van der Waals surface area contributed by atoms with Crippen molar-refractivity contribution in [1.29, 1.82) is 0 Å². The molecule has 0 N–H and O–H groups in total. The van der Waals surface area contributed by atoms with Crippen molar-refractivity contribution in [3.8, 4) is 0 Å². The molecule has 0 bridgehead atoms. The molecule has 9 nitrogen and oxygen atoms in total. The van der Waals surface area contributed by atoms with Crippen LogP contribution in [-0.2, 0) is 32.7 Å². The van der Waals surface area contributed by atoms with Gasteiger partial charge in [-0.05, 0) is 51.4 Å². The topological polar surface area (TPSA) is 111 Å². The summed E-state index contributed by atoms with van der Waals surface area (Å²) in [4.78, 5) is 38.0. The molecule has 0 aliphatic heterocycles. The number of hydrogen-bond acceptors (Lipinski definition) is 8. The molecule has 82 heavy (non-hydrogen) atoms. The lowest BCUT2D eigenvalue weighted by Crippen LogP contribution is -2.37. The molecule has 0 aromatic rings. The van der Waals surface area contributed by atoms with Crippen molar-refractivity contribution in [1.82, 2.24) is 0 Å². The second kappa shape index (κ2) is 63.5. The monoisotopic (exact) mass is 1170 g/mol. The number of rotatable bonds is 66. The van der Waals surface area contributed by atoms with E-state index in [0.717, 1.165) is 57.8 Å². The third-order valence-corrected chi connectivity index (χ3v) is 16.8. The minimum atomic E-state index is -4.63. The maximum atomic E-state index is 12.8. The van der Waals surface area contributed by atoms with Gasteiger partial charge in [-0.15, -0.1) is 0 Å². The average Bonchev–Trinajstić information content (AvgIpc) is 3.45. The summed E-state index contributed by atoms with van der Waals surface area (Å²) < 4.78 is 34.3. The highest BCUT2D eigenvalue weighted by molar-refractivity contribution is 7.45. The summed E-state index contributed by atoms with van der Waals surface area (Å²) in [5.74, 6) is -0.811. The highest BCUT2D eigenvalue weighted by Gasteiger charge is 2.22. The van der Waals surface area contributed by atoms with Crippen LogP contribution in [0.5, 0.6) is 0 Å². The van der Waals surface area contributed by atoms with E-state index in [2.05, 4.69) is 62.5 Å². The number of esters is 2. The first-order chi connectivity index (χ1) is 40.0. The summed E-state index contributed by atoms with van der Waals surface area (Å²) in [6.07, 6.45) is 82.2. The number of hydrogen-bond donors (Lipinski definition) is 0. The summed E-state index contributed by atoms with van der Waals surface area (Å²) >= 11 is 0. The molecule has 0 fully saturated rings. The highest BCUT2D eigenvalue weighted by atomic mass is 31.2. The van der Waals surface area contributed by atoms with Gasteiger partial charge in [0.2, 0.25) is 0 Å². The molecule has 0 rings (SSSR count). The zero-order valence-electron chi connectivity index (χ0n) is 55.0. The van der Waals surface area contributed by atoms with Crippen LogP contribution in [0, 0.1) is 0 Å². The fraction of sp³-hybridized carbons (Fsp3) is 0.861. The van der Waals surface area contributed by atoms with Gasteiger partial charge in [0, 0.05) is 12.8 Å². The zero-order valence-corrected chi connectivity index (χ0v) is 55.8. The summed E-state index contributed by atoms with van der Waals surface area (Å²) in [6.45, 7) is 4.19. The molecule has 0 radical (unpaired) electrons. The number of carbonyl (C=O) groups is 2. The minimum absolute atomic E-state index is 0.0270. The van der Waals surface area contributed by atoms with Crippen molar-refractivity contribution in [2.75, 3.05) is 47.5 Å². The SMILES string of the molecule is CC/C=C\C/C=C\C/C=C\C/C=C\CCCCCCCCCCCCCCCCCCCCCCCCCCCCCCC(=O)OC(COC(=O)CCCCCCCCCCCCCCCCCCC)COP(=O)([O-])OCC[N+](C)(C)C. The Balaban J connectivity index is 3.86. The molecule has 482 valence electrons. The van der Waals surface area contributed by atoms with Gasteiger partial charge in [-0.3, -0.25) is 14.2 Å². The van der Waals surface area contributed by atoms with Crippen LogP contribution < -0.4 is 4.89 Å². The highest BCUT2D eigenvalue weighted by Crippen LogP contribution is 2.38. The maximum absolute atomic E-state index is 12.8. The first kappa shape index (κ1) is 80.0. The predicted octanol–water partition coefficient (Wildman–Crippen LogP) is 22.2. The number of ether oxygens (including phenoxy) is 2. The Morgan fingerprint density at radius 1 is 0.390 bits per heavy atom. The smallest absolute Gasteiger partial charge is 0.306 e. The lowest BCUT2D eigenvalue weighted by atomic mass is 10.0. The van der Waals surface area contributed by atoms with Crippen LogP contribution in [0.15, 0.2) is 48.6 Å². The van der Waals surface area contributed by atoms with E-state index in [1.165, 1.54) is 257 Å². The van der Waals surface area contributed by atoms with E-state index >= 15 is 0 Å². The van der Waals surface area contributed by atoms with Crippen molar-refractivity contribution in [3.63, 3.8) is 0 Å². The molecule has 0 aliphatic carbocycles. The molecule has 0 saturated heterocycles. The van der Waals surface area contributed by atoms with E-state index < -0.39 is 26.5 Å². The van der Waals surface area contributed by atoms with Crippen molar-refractivity contribution < 1.29 is 42.1 Å². The van der Waals surface area contributed by atoms with Gasteiger partial charge in [0.05, 0.1) is 27.7 Å². The number of allylic oxidation sites excluding steroid dienone is 8. The Bertz CT molecular complexity index is 1520. The molecule has 2 atom stereocenters. The van der Waals surface area contributed by atoms with Gasteiger partial charge in [0.25, 0.3) is 7.82 Å². The van der Waals surface area contributed by atoms with E-state index in [-0.39, 0.29) is 32.0 Å². The molecule has 10 heteroatoms. The van der Waals surface area contributed by atoms with Crippen LogP contribution >= 0.6 is 7.82 Å². The standard InChI is InChI=1S/C72H136NO8P/c1-6-8-10-12-14-16-18-20-22-24-25-26-27-28-29-30-31-32-33-34-35-36-37-38-39-40-41-42-43-44-45-46-47-49-51-53-55-57-59-61-63-65-72(75)81-70(69-80-82(76,77)79-67-66-73(3,4)5)68-78-71(74)64-62-60-58-56-54-52-50-48-23-21-19-17-15-13-11-9-7-2/h8,10,14,16,20,22,25-26,70H,6-7,9,11-13,15,17-19,21,23-24,27-69H2,1-5H3/b10-8-,16-14-,22-20-,26-25-. The van der Waals surface area contributed by atoms with Gasteiger partial charge in [-0.2, -0.15) is 0 Å². The van der Waals surface area contributed by atoms with Crippen LogP contribution in [-0.4, -0.2) is 70.0 Å². The normalized spacial score (nSPS) is 13.4. The number of nitrogens with zero attached hydrogens (tertiary/aromatic N) is 1. The Labute approximate surface area is 509 Å². The number of unbranched alkanes of at least 4 members (excludes halogenated alkanes) is 44. The molecule has 0 aromatic heterocycles. The largest absolute Gasteiger partial charge is 0.756 e. The van der Waals surface area contributed by atoms with Crippen molar-refractivity contribution in [2.45, 2.75) is 354 Å². The quantitative estimate of drug-likeness (QED) is 0.0195. The van der Waals surface area contributed by atoms with Gasteiger partial charge >= 0.3 is 11.9 Å². The molecule has 0 heterocycles. The van der Waals surface area contributed by atoms with Crippen molar-refractivity contribution in [2.24, 2.45) is 0 Å². The second-order valence-electron chi connectivity index (χ2n) is 25.2. The molecule has 0 saturated carbocycles. The summed E-state index contributed by atoms with van der Waals surface area (Å²) in [6, 6.07) is 0. The number of quaternary nitrogens is 1. The van der Waals surface area contributed by atoms with Crippen molar-refractivity contribution >= 4 is 19.8 Å². The molecule has 0 spiro atoms. The minimum Gasteiger partial charge on any atom is -0.756 e. The van der Waals surface area contributed by atoms with Crippen molar-refractivity contribution in [3.05, 3.63) is 48.6 Å². The van der Waals surface area contributed by atoms with Gasteiger partial charge in [-0.25, -0.2) is 0 Å². The van der Waals surface area contributed by atoms with E-state index in [1.54, 1.807) is 0 Å². The summed E-state index contributed by atoms with van der Waals surface area (Å²) in [7, 11) is 1.19. The maximum Gasteiger partial charge on any atom is 0.306 e. The lowest BCUT2D eigenvalue weighted by Gasteiger charge is -2.28. The summed E-state index contributed by atoms with van der Waals surface area (Å²) in [5, 5.41) is 0. The molecule has 0 aliphatic rings. The third kappa shape index (κ3) is 67.1. The second-order valence-corrected chi connectivity index (χ2v) is 26.6. The Morgan fingerprint density at radius 2 is 0.695 bits per heavy atom. The molecular weight excluding hydrogens is 1040 g/mol. The van der Waals surface area contributed by atoms with Gasteiger partial charge < -0.3 is 27.9 Å². The fourth-order valence-electron chi connectivity index (χ4n) is 10.5. The number of carbonyl (C=O) groups excluding carboxylic acids is 2. The van der Waals surface area contributed by atoms with Gasteiger partial charge in [0.1, 0.15) is 19.8 Å². The fourth-order valence-corrected chi connectivity index (χ4v) is 11.2. The molecule has 0 amide bonds. The lowest BCUT2D eigenvalue weighted by molar-refractivity contribution is -0.870. The van der Waals surface area contributed by atoms with Crippen LogP contribution in [0.1, 0.15) is 348 Å². The van der Waals surface area contributed by atoms with E-state index in [1.807, 2.05) is 21.1 Å². The molecule has 0 aromatic carbocycles. The Morgan fingerprint density at radius 3 is 1.04 bits per heavy atom. The van der Waals surface area contributed by atoms with Gasteiger partial charge in [0.15, 0.2) is 6.10 Å². The van der Waals surface area contributed by atoms with Crippen LogP contribution in [0.2, 0.25) is 0 Å². The zero-order chi connectivity index (χ0) is 59.8. The van der Waals surface area contributed by atoms with E-state index in [9.17, 15) is 19.0 Å². The van der Waals surface area contributed by atoms with E-state index in [4.69, 9.17) is 18.5 Å².